The van der Waals surface area contributed by atoms with Crippen molar-refractivity contribution in [1.29, 1.82) is 5.26 Å². The smallest absolute Gasteiger partial charge is 0.322 e. The number of fused-ring (bicyclic) bond motifs is 3. The summed E-state index contributed by atoms with van der Waals surface area (Å²) in [5, 5.41) is 26.1. The molecule has 1 aromatic carbocycles. The van der Waals surface area contributed by atoms with E-state index in [1.165, 1.54) is 28.6 Å². The molecule has 0 fully saturated rings. The highest BCUT2D eigenvalue weighted by atomic mass is 19.3. The van der Waals surface area contributed by atoms with Crippen LogP contribution in [0.5, 0.6) is 0 Å². The van der Waals surface area contributed by atoms with Gasteiger partial charge >= 0.3 is 6.03 Å². The summed E-state index contributed by atoms with van der Waals surface area (Å²) in [6, 6.07) is 4.77. The van der Waals surface area contributed by atoms with Crippen LogP contribution in [0.1, 0.15) is 42.3 Å². The van der Waals surface area contributed by atoms with Gasteiger partial charge in [-0.25, -0.2) is 9.18 Å². The van der Waals surface area contributed by atoms with Gasteiger partial charge in [-0.15, -0.1) is 0 Å². The standard InChI is InChI=1S/C20H20F3N5O2/c1-19(30)5-6-20(22,23)17-14-10-27(7-4-16(14)26-28(17)11-19)18(29)25-13-2-3-15(21)12(8-13)9-24/h2-3,8,30H,4-7,10-11H2,1H3,(H,25,29). The van der Waals surface area contributed by atoms with E-state index in [0.29, 0.717) is 17.7 Å². The Bertz CT molecular complexity index is 1060. The summed E-state index contributed by atoms with van der Waals surface area (Å²) < 4.78 is 44.4. The lowest BCUT2D eigenvalue weighted by molar-refractivity contribution is -0.0361. The van der Waals surface area contributed by atoms with Crippen LogP contribution < -0.4 is 5.32 Å². The molecule has 10 heteroatoms. The molecule has 158 valence electrons. The Hall–Kier alpha value is -3.06. The molecule has 0 saturated heterocycles. The van der Waals surface area contributed by atoms with Crippen LogP contribution in [0, 0.1) is 17.1 Å². The molecule has 7 nitrogen and oxygen atoms in total. The molecule has 2 amide bonds. The van der Waals surface area contributed by atoms with Crippen molar-refractivity contribution >= 4 is 11.7 Å². The SMILES string of the molecule is CC1(O)CCC(F)(F)c2c3c(nn2C1)CCN(C(=O)Nc1ccc(F)c(C#N)c1)C3. The molecule has 0 radical (unpaired) electrons. The number of nitrogens with zero attached hydrogens (tertiary/aromatic N) is 4. The summed E-state index contributed by atoms with van der Waals surface area (Å²) in [6.07, 6.45) is -0.265. The molecule has 0 spiro atoms. The third-order valence-electron chi connectivity index (χ3n) is 5.54. The monoisotopic (exact) mass is 419 g/mol. The van der Waals surface area contributed by atoms with Crippen LogP contribution in [-0.2, 0) is 25.4 Å². The number of aromatic nitrogens is 2. The molecule has 2 aliphatic rings. The summed E-state index contributed by atoms with van der Waals surface area (Å²) >= 11 is 0. The summed E-state index contributed by atoms with van der Waals surface area (Å²) in [5.41, 5.74) is -0.708. The number of carbonyl (C=O) groups excluding carboxylic acids is 1. The van der Waals surface area contributed by atoms with Crippen molar-refractivity contribution in [3.63, 3.8) is 0 Å². The van der Waals surface area contributed by atoms with Crippen LogP contribution in [0.2, 0.25) is 0 Å². The van der Waals surface area contributed by atoms with Gasteiger partial charge < -0.3 is 15.3 Å². The van der Waals surface area contributed by atoms with Gasteiger partial charge in [0, 0.05) is 30.6 Å². The quantitative estimate of drug-likeness (QED) is 0.743. The van der Waals surface area contributed by atoms with E-state index in [-0.39, 0.29) is 43.0 Å². The maximum absolute atomic E-state index is 14.9. The van der Waals surface area contributed by atoms with Gasteiger partial charge in [-0.3, -0.25) is 4.68 Å². The van der Waals surface area contributed by atoms with Crippen LogP contribution in [-0.4, -0.2) is 38.0 Å². The van der Waals surface area contributed by atoms with Gasteiger partial charge in [-0.05, 0) is 31.5 Å². The highest BCUT2D eigenvalue weighted by Gasteiger charge is 2.46. The zero-order chi connectivity index (χ0) is 21.7. The van der Waals surface area contributed by atoms with E-state index in [1.807, 2.05) is 0 Å². The molecular weight excluding hydrogens is 399 g/mol. The third kappa shape index (κ3) is 3.61. The minimum absolute atomic E-state index is 0.0381. The first kappa shape index (κ1) is 20.2. The summed E-state index contributed by atoms with van der Waals surface area (Å²) in [7, 11) is 0. The second-order valence-corrected chi connectivity index (χ2v) is 8.04. The normalized spacial score (nSPS) is 22.5. The number of nitrogens with one attached hydrogen (secondary N) is 1. The highest BCUT2D eigenvalue weighted by Crippen LogP contribution is 2.42. The van der Waals surface area contributed by atoms with Gasteiger partial charge in [0.1, 0.15) is 17.6 Å². The van der Waals surface area contributed by atoms with Crippen molar-refractivity contribution in [2.75, 3.05) is 11.9 Å². The molecule has 2 aliphatic heterocycles. The van der Waals surface area contributed by atoms with Gasteiger partial charge in [0.2, 0.25) is 0 Å². The van der Waals surface area contributed by atoms with Gasteiger partial charge in [0.05, 0.1) is 29.9 Å². The number of urea groups is 1. The van der Waals surface area contributed by atoms with Crippen LogP contribution in [0.3, 0.4) is 0 Å². The zero-order valence-corrected chi connectivity index (χ0v) is 16.3. The van der Waals surface area contributed by atoms with E-state index in [4.69, 9.17) is 5.26 Å². The van der Waals surface area contributed by atoms with E-state index in [0.717, 1.165) is 6.07 Å². The molecule has 1 atom stereocenters. The average molecular weight is 419 g/mol. The van der Waals surface area contributed by atoms with Crippen LogP contribution in [0.25, 0.3) is 0 Å². The summed E-state index contributed by atoms with van der Waals surface area (Å²) in [4.78, 5) is 14.0. The number of hydrogen-bond acceptors (Lipinski definition) is 4. The highest BCUT2D eigenvalue weighted by molar-refractivity contribution is 5.89. The Morgan fingerprint density at radius 1 is 1.37 bits per heavy atom. The fraction of sp³-hybridized carbons (Fsp3) is 0.450. The third-order valence-corrected chi connectivity index (χ3v) is 5.54. The molecule has 0 aliphatic carbocycles. The molecule has 0 saturated carbocycles. The predicted molar refractivity (Wildman–Crippen MR) is 100 cm³/mol. The maximum atomic E-state index is 14.9. The lowest BCUT2D eigenvalue weighted by Gasteiger charge is -2.28. The van der Waals surface area contributed by atoms with E-state index >= 15 is 0 Å². The number of anilines is 1. The number of aliphatic hydroxyl groups is 1. The van der Waals surface area contributed by atoms with Gasteiger partial charge in [0.25, 0.3) is 5.92 Å². The minimum atomic E-state index is -3.17. The Kier molecular flexibility index (Phi) is 4.73. The second-order valence-electron chi connectivity index (χ2n) is 8.04. The van der Waals surface area contributed by atoms with Gasteiger partial charge in [-0.2, -0.15) is 19.1 Å². The number of rotatable bonds is 1. The lowest BCUT2D eigenvalue weighted by atomic mass is 9.96. The maximum Gasteiger partial charge on any atom is 0.322 e. The van der Waals surface area contributed by atoms with Crippen LogP contribution in [0.15, 0.2) is 18.2 Å². The van der Waals surface area contributed by atoms with E-state index in [9.17, 15) is 23.1 Å². The Morgan fingerprint density at radius 2 is 2.13 bits per heavy atom. The molecule has 4 rings (SSSR count). The molecule has 2 N–H and O–H groups in total. The zero-order valence-electron chi connectivity index (χ0n) is 16.3. The topological polar surface area (TPSA) is 94.2 Å². The fourth-order valence-corrected chi connectivity index (χ4v) is 3.96. The Labute approximate surface area is 170 Å². The lowest BCUT2D eigenvalue weighted by Crippen LogP contribution is -2.39. The first-order chi connectivity index (χ1) is 14.1. The van der Waals surface area contributed by atoms with Crippen molar-refractivity contribution in [2.45, 2.75) is 50.8 Å². The first-order valence-electron chi connectivity index (χ1n) is 9.54. The predicted octanol–water partition coefficient (Wildman–Crippen LogP) is 3.12. The number of alkyl halides is 2. The summed E-state index contributed by atoms with van der Waals surface area (Å²) in [5.74, 6) is -3.86. The van der Waals surface area contributed by atoms with Crippen molar-refractivity contribution in [1.82, 2.24) is 14.7 Å². The van der Waals surface area contributed by atoms with Gasteiger partial charge in [-0.1, -0.05) is 0 Å². The largest absolute Gasteiger partial charge is 0.388 e. The molecule has 1 aromatic heterocycles. The number of amides is 2. The summed E-state index contributed by atoms with van der Waals surface area (Å²) in [6.45, 7) is 1.69. The minimum Gasteiger partial charge on any atom is -0.388 e. The number of carbonyl (C=O) groups is 1. The number of hydrogen-bond donors (Lipinski definition) is 2. The molecule has 0 bridgehead atoms. The van der Waals surface area contributed by atoms with Crippen LogP contribution in [0.4, 0.5) is 23.7 Å². The van der Waals surface area contributed by atoms with E-state index in [2.05, 4.69) is 10.4 Å². The van der Waals surface area contributed by atoms with Crippen LogP contribution >= 0.6 is 0 Å². The fourth-order valence-electron chi connectivity index (χ4n) is 3.96. The van der Waals surface area contributed by atoms with Crippen molar-refractivity contribution in [3.8, 4) is 6.07 Å². The average Bonchev–Trinajstić information content (AvgIpc) is 3.00. The first-order valence-corrected chi connectivity index (χ1v) is 9.54. The Balaban J connectivity index is 1.59. The van der Waals surface area contributed by atoms with Crippen molar-refractivity contribution in [2.24, 2.45) is 0 Å². The second kappa shape index (κ2) is 7.02. The van der Waals surface area contributed by atoms with Gasteiger partial charge in [0.15, 0.2) is 0 Å². The number of nitriles is 1. The Morgan fingerprint density at radius 3 is 2.87 bits per heavy atom. The van der Waals surface area contributed by atoms with E-state index < -0.39 is 29.8 Å². The number of halogens is 3. The molecule has 30 heavy (non-hydrogen) atoms. The molecule has 3 heterocycles. The molecular formula is C20H20F3N5O2. The molecule has 1 unspecified atom stereocenters. The van der Waals surface area contributed by atoms with Crippen molar-refractivity contribution < 1.29 is 23.1 Å². The van der Waals surface area contributed by atoms with Crippen molar-refractivity contribution in [3.05, 3.63) is 46.5 Å². The number of benzene rings is 1. The van der Waals surface area contributed by atoms with E-state index in [1.54, 1.807) is 6.07 Å². The molecule has 2 aromatic rings.